The van der Waals surface area contributed by atoms with Gasteiger partial charge in [0.1, 0.15) is 23.0 Å². The lowest BCUT2D eigenvalue weighted by Gasteiger charge is -2.04. The molecule has 27 heavy (non-hydrogen) atoms. The van der Waals surface area contributed by atoms with Crippen LogP contribution in [0.5, 0.6) is 0 Å². The minimum absolute atomic E-state index is 0.207. The lowest BCUT2D eigenvalue weighted by molar-refractivity contribution is 0.486. The molecule has 0 radical (unpaired) electrons. The molecule has 142 valence electrons. The van der Waals surface area contributed by atoms with Crippen LogP contribution in [0.25, 0.3) is 0 Å². The zero-order chi connectivity index (χ0) is 19.7. The van der Waals surface area contributed by atoms with Crippen molar-refractivity contribution >= 4 is 19.7 Å². The summed E-state index contributed by atoms with van der Waals surface area (Å²) in [6.45, 7) is 3.76. The highest BCUT2D eigenvalue weighted by Crippen LogP contribution is 2.22. The average molecular weight is 405 g/mol. The number of aryl methyl sites for hydroxylation is 2. The molecule has 0 saturated heterocycles. The van der Waals surface area contributed by atoms with E-state index >= 15 is 0 Å². The molecule has 0 aliphatic carbocycles. The molecule has 0 N–H and O–H groups in total. The highest BCUT2D eigenvalue weighted by atomic mass is 32.2. The van der Waals surface area contributed by atoms with E-state index in [0.717, 1.165) is 11.1 Å². The van der Waals surface area contributed by atoms with Gasteiger partial charge in [-0.3, -0.25) is 0 Å². The third-order valence-corrected chi connectivity index (χ3v) is 7.45. The number of hydrogen-bond acceptors (Lipinski definition) is 5. The monoisotopic (exact) mass is 404 g/mol. The summed E-state index contributed by atoms with van der Waals surface area (Å²) in [4.78, 5) is 0.414. The van der Waals surface area contributed by atoms with E-state index in [4.69, 9.17) is 4.42 Å². The first-order valence-corrected chi connectivity index (χ1v) is 11.6. The van der Waals surface area contributed by atoms with Crippen molar-refractivity contribution in [2.45, 2.75) is 35.1 Å². The minimum atomic E-state index is -3.56. The maximum Gasteiger partial charge on any atom is 0.185 e. The zero-order valence-corrected chi connectivity index (χ0v) is 16.7. The molecule has 5 nitrogen and oxygen atoms in total. The Labute approximate surface area is 159 Å². The van der Waals surface area contributed by atoms with Crippen molar-refractivity contribution < 1.29 is 21.3 Å². The second kappa shape index (κ2) is 7.32. The van der Waals surface area contributed by atoms with Crippen molar-refractivity contribution in [2.24, 2.45) is 0 Å². The summed E-state index contributed by atoms with van der Waals surface area (Å²) in [6, 6.07) is 16.1. The molecule has 0 aliphatic heterocycles. The number of sulfone groups is 2. The van der Waals surface area contributed by atoms with Crippen LogP contribution in [0.2, 0.25) is 0 Å². The van der Waals surface area contributed by atoms with Gasteiger partial charge in [0.2, 0.25) is 0 Å². The standard InChI is InChI=1S/C20H20O5S2/c1-15-3-9-19(10-4-15)26(21,22)13-17-7-8-18(25-17)14-27(23,24)20-11-5-16(2)6-12-20/h3-12H,13-14H2,1-2H3. The summed E-state index contributed by atoms with van der Waals surface area (Å²) in [5.41, 5.74) is 1.94. The van der Waals surface area contributed by atoms with Crippen LogP contribution in [0.4, 0.5) is 0 Å². The Balaban J connectivity index is 1.76. The number of hydrogen-bond donors (Lipinski definition) is 0. The van der Waals surface area contributed by atoms with E-state index in [-0.39, 0.29) is 32.8 Å². The fourth-order valence-electron chi connectivity index (χ4n) is 2.61. The van der Waals surface area contributed by atoms with Crippen molar-refractivity contribution in [2.75, 3.05) is 0 Å². The summed E-state index contributed by atoms with van der Waals surface area (Å²) < 4.78 is 55.4. The highest BCUT2D eigenvalue weighted by molar-refractivity contribution is 7.91. The Morgan fingerprint density at radius 2 is 0.926 bits per heavy atom. The topological polar surface area (TPSA) is 81.4 Å². The molecule has 0 atom stereocenters. The fraction of sp³-hybridized carbons (Fsp3) is 0.200. The van der Waals surface area contributed by atoms with E-state index in [1.54, 1.807) is 48.5 Å². The molecule has 0 saturated carbocycles. The smallest absolute Gasteiger partial charge is 0.185 e. The largest absolute Gasteiger partial charge is 0.464 e. The summed E-state index contributed by atoms with van der Waals surface area (Å²) in [5.74, 6) is -0.212. The first-order valence-electron chi connectivity index (χ1n) is 8.32. The van der Waals surface area contributed by atoms with Gasteiger partial charge in [-0.05, 0) is 50.2 Å². The van der Waals surface area contributed by atoms with Crippen molar-refractivity contribution in [1.82, 2.24) is 0 Å². The quantitative estimate of drug-likeness (QED) is 0.623. The van der Waals surface area contributed by atoms with E-state index in [2.05, 4.69) is 0 Å². The third kappa shape index (κ3) is 4.67. The Hall–Kier alpha value is -2.38. The van der Waals surface area contributed by atoms with Crippen LogP contribution in [0, 0.1) is 13.8 Å². The van der Waals surface area contributed by atoms with E-state index in [1.807, 2.05) is 13.8 Å². The first-order chi connectivity index (χ1) is 12.7. The van der Waals surface area contributed by atoms with E-state index in [0.29, 0.717) is 0 Å². The lowest BCUT2D eigenvalue weighted by atomic mass is 10.2. The molecular formula is C20H20O5S2. The minimum Gasteiger partial charge on any atom is -0.464 e. The van der Waals surface area contributed by atoms with E-state index < -0.39 is 19.7 Å². The van der Waals surface area contributed by atoms with Gasteiger partial charge in [0, 0.05) is 0 Å². The Bertz CT molecular complexity index is 1050. The van der Waals surface area contributed by atoms with Crippen LogP contribution in [-0.4, -0.2) is 16.8 Å². The van der Waals surface area contributed by atoms with Crippen LogP contribution in [-0.2, 0) is 31.2 Å². The maximum absolute atomic E-state index is 12.5. The maximum atomic E-state index is 12.5. The number of rotatable bonds is 6. The molecule has 1 heterocycles. The Morgan fingerprint density at radius 3 is 1.26 bits per heavy atom. The molecule has 1 aromatic heterocycles. The van der Waals surface area contributed by atoms with Crippen molar-refractivity contribution in [1.29, 1.82) is 0 Å². The SMILES string of the molecule is Cc1ccc(S(=O)(=O)Cc2ccc(CS(=O)(=O)c3ccc(C)cc3)o2)cc1. The van der Waals surface area contributed by atoms with E-state index in [9.17, 15) is 16.8 Å². The molecule has 0 amide bonds. The van der Waals surface area contributed by atoms with Crippen molar-refractivity contribution in [3.05, 3.63) is 83.3 Å². The second-order valence-corrected chi connectivity index (χ2v) is 10.5. The first kappa shape index (κ1) is 19.4. The van der Waals surface area contributed by atoms with Crippen LogP contribution >= 0.6 is 0 Å². The molecule has 0 fully saturated rings. The summed E-state index contributed by atoms with van der Waals surface area (Å²) in [7, 11) is -7.12. The highest BCUT2D eigenvalue weighted by Gasteiger charge is 2.21. The molecular weight excluding hydrogens is 384 g/mol. The predicted octanol–water partition coefficient (Wildman–Crippen LogP) is 3.84. The molecule has 3 rings (SSSR count). The normalized spacial score (nSPS) is 12.2. The van der Waals surface area contributed by atoms with Crippen molar-refractivity contribution in [3.8, 4) is 0 Å². The molecule has 0 aliphatic rings. The van der Waals surface area contributed by atoms with Gasteiger partial charge in [0.05, 0.1) is 9.79 Å². The van der Waals surface area contributed by atoms with Gasteiger partial charge < -0.3 is 4.42 Å². The van der Waals surface area contributed by atoms with Gasteiger partial charge >= 0.3 is 0 Å². The molecule has 0 spiro atoms. The average Bonchev–Trinajstić information content (AvgIpc) is 3.01. The van der Waals surface area contributed by atoms with Gasteiger partial charge in [-0.2, -0.15) is 0 Å². The van der Waals surface area contributed by atoms with Gasteiger partial charge in [0.25, 0.3) is 0 Å². The number of furan rings is 1. The summed E-state index contributed by atoms with van der Waals surface area (Å²) in [5, 5.41) is 0. The van der Waals surface area contributed by atoms with Gasteiger partial charge in [-0.25, -0.2) is 16.8 Å². The van der Waals surface area contributed by atoms with Gasteiger partial charge in [-0.1, -0.05) is 35.4 Å². The van der Waals surface area contributed by atoms with Crippen molar-refractivity contribution in [3.63, 3.8) is 0 Å². The van der Waals surface area contributed by atoms with Crippen LogP contribution in [0.3, 0.4) is 0 Å². The van der Waals surface area contributed by atoms with Crippen LogP contribution in [0.15, 0.2) is 74.9 Å². The van der Waals surface area contributed by atoms with Gasteiger partial charge in [0.15, 0.2) is 19.7 Å². The zero-order valence-electron chi connectivity index (χ0n) is 15.0. The Morgan fingerprint density at radius 1 is 0.593 bits per heavy atom. The number of benzene rings is 2. The summed E-state index contributed by atoms with van der Waals surface area (Å²) in [6.07, 6.45) is 0. The Kier molecular flexibility index (Phi) is 5.26. The predicted molar refractivity (Wildman–Crippen MR) is 103 cm³/mol. The molecule has 0 unspecified atom stereocenters. The fourth-order valence-corrected chi connectivity index (χ4v) is 5.10. The molecule has 7 heteroatoms. The summed E-state index contributed by atoms with van der Waals surface area (Å²) >= 11 is 0. The van der Waals surface area contributed by atoms with Gasteiger partial charge in [-0.15, -0.1) is 0 Å². The van der Waals surface area contributed by atoms with E-state index in [1.165, 1.54) is 12.1 Å². The third-order valence-electron chi connectivity index (χ3n) is 4.14. The molecule has 0 bridgehead atoms. The molecule has 2 aromatic carbocycles. The molecule has 3 aromatic rings. The van der Waals surface area contributed by atoms with Crippen LogP contribution in [0.1, 0.15) is 22.6 Å². The lowest BCUT2D eigenvalue weighted by Crippen LogP contribution is -2.05. The van der Waals surface area contributed by atoms with Crippen LogP contribution < -0.4 is 0 Å². The second-order valence-electron chi connectivity index (χ2n) is 6.51.